The Bertz CT molecular complexity index is 1020. The Labute approximate surface area is 180 Å². The number of carboxylic acid groups (broad SMARTS) is 1. The summed E-state index contributed by atoms with van der Waals surface area (Å²) in [6.07, 6.45) is 0.720. The molecule has 0 radical (unpaired) electrons. The molecule has 5 nitrogen and oxygen atoms in total. The molecule has 154 valence electrons. The maximum Gasteiger partial charge on any atom is 0.303 e. The predicted molar refractivity (Wildman–Crippen MR) is 116 cm³/mol. The topological polar surface area (TPSA) is 79.6 Å². The van der Waals surface area contributed by atoms with E-state index < -0.39 is 5.97 Å². The van der Waals surface area contributed by atoms with Crippen LogP contribution in [0.15, 0.2) is 59.3 Å². The van der Waals surface area contributed by atoms with E-state index in [4.69, 9.17) is 14.6 Å². The van der Waals surface area contributed by atoms with Gasteiger partial charge in [0.1, 0.15) is 30.3 Å². The van der Waals surface area contributed by atoms with Gasteiger partial charge in [0.2, 0.25) is 0 Å². The third-order valence-corrected chi connectivity index (χ3v) is 5.45. The van der Waals surface area contributed by atoms with Gasteiger partial charge in [-0.1, -0.05) is 24.3 Å². The first-order chi connectivity index (χ1) is 14.6. The minimum absolute atomic E-state index is 0.0701. The quantitative estimate of drug-likeness (QED) is 0.442. The van der Waals surface area contributed by atoms with Crippen molar-refractivity contribution in [2.75, 3.05) is 0 Å². The SMILES string of the molecule is Cc1ccccc1C(CCCC(=O)O)Oc1cc(OCc2ccsc2)ccc1C#N. The third-order valence-electron chi connectivity index (χ3n) is 4.72. The molecule has 0 spiro atoms. The molecule has 1 heterocycles. The van der Waals surface area contributed by atoms with Crippen molar-refractivity contribution in [3.05, 3.63) is 81.5 Å². The minimum atomic E-state index is -0.833. The maximum absolute atomic E-state index is 11.0. The lowest BCUT2D eigenvalue weighted by atomic mass is 9.99. The lowest BCUT2D eigenvalue weighted by Crippen LogP contribution is -2.11. The minimum Gasteiger partial charge on any atom is -0.489 e. The van der Waals surface area contributed by atoms with E-state index in [0.29, 0.717) is 36.5 Å². The monoisotopic (exact) mass is 421 g/mol. The van der Waals surface area contributed by atoms with Gasteiger partial charge in [-0.3, -0.25) is 4.79 Å². The molecule has 2 aromatic carbocycles. The zero-order chi connectivity index (χ0) is 21.3. The van der Waals surface area contributed by atoms with Gasteiger partial charge in [-0.15, -0.1) is 0 Å². The largest absolute Gasteiger partial charge is 0.489 e. The predicted octanol–water partition coefficient (Wildman–Crippen LogP) is 5.88. The fourth-order valence-corrected chi connectivity index (χ4v) is 3.79. The molecule has 1 atom stereocenters. The van der Waals surface area contributed by atoms with Crippen molar-refractivity contribution in [3.8, 4) is 17.6 Å². The standard InChI is InChI=1S/C24H23NO4S/c1-17-5-2-3-6-21(17)22(7-4-8-24(26)27)29-23-13-20(10-9-19(23)14-25)28-15-18-11-12-30-16-18/h2-3,5-6,9-13,16,22H,4,7-8,15H2,1H3,(H,26,27). The number of aliphatic carboxylic acids is 1. The molecule has 0 aliphatic rings. The van der Waals surface area contributed by atoms with Gasteiger partial charge in [0.15, 0.2) is 0 Å². The molecule has 0 amide bonds. The molecule has 6 heteroatoms. The molecular formula is C24H23NO4S. The summed E-state index contributed by atoms with van der Waals surface area (Å²) >= 11 is 1.61. The molecule has 0 saturated carbocycles. The molecule has 3 aromatic rings. The van der Waals surface area contributed by atoms with Crippen molar-refractivity contribution in [1.29, 1.82) is 5.26 Å². The van der Waals surface area contributed by atoms with E-state index in [1.54, 1.807) is 29.5 Å². The second-order valence-corrected chi connectivity index (χ2v) is 7.72. The van der Waals surface area contributed by atoms with Crippen molar-refractivity contribution in [3.63, 3.8) is 0 Å². The Morgan fingerprint density at radius 3 is 2.77 bits per heavy atom. The van der Waals surface area contributed by atoms with Crippen LogP contribution in [0.4, 0.5) is 0 Å². The summed E-state index contributed by atoms with van der Waals surface area (Å²) in [5.41, 5.74) is 3.53. The Morgan fingerprint density at radius 1 is 1.23 bits per heavy atom. The van der Waals surface area contributed by atoms with E-state index in [9.17, 15) is 10.1 Å². The molecule has 1 aromatic heterocycles. The molecule has 30 heavy (non-hydrogen) atoms. The summed E-state index contributed by atoms with van der Waals surface area (Å²) in [5.74, 6) is 0.216. The van der Waals surface area contributed by atoms with Gasteiger partial charge >= 0.3 is 5.97 Å². The Balaban J connectivity index is 1.82. The highest BCUT2D eigenvalue weighted by molar-refractivity contribution is 7.07. The zero-order valence-corrected chi connectivity index (χ0v) is 17.5. The molecule has 0 bridgehead atoms. The average molecular weight is 422 g/mol. The lowest BCUT2D eigenvalue weighted by molar-refractivity contribution is -0.137. The highest BCUT2D eigenvalue weighted by Gasteiger charge is 2.18. The van der Waals surface area contributed by atoms with Crippen LogP contribution in [0.2, 0.25) is 0 Å². The summed E-state index contributed by atoms with van der Waals surface area (Å²) in [5, 5.41) is 22.5. The van der Waals surface area contributed by atoms with Crippen molar-refractivity contribution in [2.45, 2.75) is 38.9 Å². The Hall–Kier alpha value is -3.30. The Morgan fingerprint density at radius 2 is 2.07 bits per heavy atom. The number of benzene rings is 2. The zero-order valence-electron chi connectivity index (χ0n) is 16.7. The Kier molecular flexibility index (Phi) is 7.47. The highest BCUT2D eigenvalue weighted by Crippen LogP contribution is 2.33. The van der Waals surface area contributed by atoms with E-state index in [1.165, 1.54) is 0 Å². The number of hydrogen-bond donors (Lipinski definition) is 1. The van der Waals surface area contributed by atoms with E-state index in [-0.39, 0.29) is 12.5 Å². The van der Waals surface area contributed by atoms with E-state index >= 15 is 0 Å². The van der Waals surface area contributed by atoms with Crippen LogP contribution in [0.25, 0.3) is 0 Å². The molecule has 0 saturated heterocycles. The van der Waals surface area contributed by atoms with Crippen LogP contribution in [0.5, 0.6) is 11.5 Å². The number of rotatable bonds is 10. The third kappa shape index (κ3) is 5.85. The van der Waals surface area contributed by atoms with E-state index in [1.807, 2.05) is 48.0 Å². The van der Waals surface area contributed by atoms with Crippen molar-refractivity contribution < 1.29 is 19.4 Å². The second-order valence-electron chi connectivity index (χ2n) is 6.94. The van der Waals surface area contributed by atoms with Crippen LogP contribution < -0.4 is 9.47 Å². The molecule has 0 aliphatic carbocycles. The van der Waals surface area contributed by atoms with Crippen LogP contribution in [-0.2, 0) is 11.4 Å². The number of thiophene rings is 1. The summed E-state index contributed by atoms with van der Waals surface area (Å²) in [7, 11) is 0. The van der Waals surface area contributed by atoms with Crippen molar-refractivity contribution >= 4 is 17.3 Å². The first kappa shape index (κ1) is 21.4. The number of carboxylic acids is 1. The molecular weight excluding hydrogens is 398 g/mol. The fourth-order valence-electron chi connectivity index (χ4n) is 3.14. The van der Waals surface area contributed by atoms with Crippen LogP contribution in [0.3, 0.4) is 0 Å². The molecule has 0 fully saturated rings. The van der Waals surface area contributed by atoms with Gasteiger partial charge in [-0.05, 0) is 65.4 Å². The first-order valence-corrected chi connectivity index (χ1v) is 10.6. The van der Waals surface area contributed by atoms with Crippen LogP contribution in [0.1, 0.15) is 47.6 Å². The number of nitrogens with zero attached hydrogens (tertiary/aromatic N) is 1. The van der Waals surface area contributed by atoms with Crippen LogP contribution in [-0.4, -0.2) is 11.1 Å². The van der Waals surface area contributed by atoms with E-state index in [0.717, 1.165) is 16.7 Å². The van der Waals surface area contributed by atoms with Gasteiger partial charge in [0.05, 0.1) is 5.56 Å². The summed E-state index contributed by atoms with van der Waals surface area (Å²) in [6.45, 7) is 2.43. The summed E-state index contributed by atoms with van der Waals surface area (Å²) in [4.78, 5) is 11.0. The molecule has 1 unspecified atom stereocenters. The number of nitriles is 1. The average Bonchev–Trinajstić information content (AvgIpc) is 3.25. The summed E-state index contributed by atoms with van der Waals surface area (Å²) in [6, 6.07) is 17.2. The van der Waals surface area contributed by atoms with Gasteiger partial charge in [-0.2, -0.15) is 16.6 Å². The van der Waals surface area contributed by atoms with Crippen molar-refractivity contribution in [1.82, 2.24) is 0 Å². The fraction of sp³-hybridized carbons (Fsp3) is 0.250. The summed E-state index contributed by atoms with van der Waals surface area (Å²) < 4.78 is 12.1. The van der Waals surface area contributed by atoms with Crippen LogP contribution >= 0.6 is 11.3 Å². The van der Waals surface area contributed by atoms with Gasteiger partial charge in [0.25, 0.3) is 0 Å². The second kappa shape index (κ2) is 10.5. The van der Waals surface area contributed by atoms with E-state index in [2.05, 4.69) is 6.07 Å². The first-order valence-electron chi connectivity index (χ1n) is 9.69. The normalized spacial score (nSPS) is 11.5. The van der Waals surface area contributed by atoms with Gasteiger partial charge in [-0.25, -0.2) is 0 Å². The van der Waals surface area contributed by atoms with Crippen molar-refractivity contribution in [2.24, 2.45) is 0 Å². The highest BCUT2D eigenvalue weighted by atomic mass is 32.1. The number of carbonyl (C=O) groups is 1. The lowest BCUT2D eigenvalue weighted by Gasteiger charge is -2.22. The molecule has 3 rings (SSSR count). The number of ether oxygens (including phenoxy) is 2. The van der Waals surface area contributed by atoms with Gasteiger partial charge in [0, 0.05) is 12.5 Å². The number of hydrogen-bond acceptors (Lipinski definition) is 5. The molecule has 1 N–H and O–H groups in total. The smallest absolute Gasteiger partial charge is 0.303 e. The van der Waals surface area contributed by atoms with Crippen LogP contribution in [0, 0.1) is 18.3 Å². The number of aryl methyl sites for hydroxylation is 1. The van der Waals surface area contributed by atoms with Gasteiger partial charge < -0.3 is 14.6 Å². The molecule has 0 aliphatic heterocycles. The maximum atomic E-state index is 11.0.